The molecule has 2 rings (SSSR count). The van der Waals surface area contributed by atoms with Crippen molar-refractivity contribution in [1.29, 1.82) is 0 Å². The molecule has 1 aliphatic heterocycles. The van der Waals surface area contributed by atoms with Gasteiger partial charge in [0.15, 0.2) is 0 Å². The highest BCUT2D eigenvalue weighted by Crippen LogP contribution is 2.11. The van der Waals surface area contributed by atoms with E-state index in [1.54, 1.807) is 0 Å². The first-order valence-electron chi connectivity index (χ1n) is 7.11. The highest BCUT2D eigenvalue weighted by Gasteiger charge is 2.20. The second-order valence-electron chi connectivity index (χ2n) is 5.32. The predicted molar refractivity (Wildman–Crippen MR) is 82.0 cm³/mol. The Balaban J connectivity index is 1.98. The maximum absolute atomic E-state index is 12.3. The Kier molecular flexibility index (Phi) is 5.52. The van der Waals surface area contributed by atoms with E-state index in [-0.39, 0.29) is 16.5 Å². The van der Waals surface area contributed by atoms with Crippen LogP contribution in [0.5, 0.6) is 0 Å². The summed E-state index contributed by atoms with van der Waals surface area (Å²) in [5, 5.41) is 0. The van der Waals surface area contributed by atoms with Gasteiger partial charge in [-0.3, -0.25) is 9.69 Å². The van der Waals surface area contributed by atoms with Gasteiger partial charge in [-0.25, -0.2) is 13.1 Å². The predicted octanol–water partition coefficient (Wildman–Crippen LogP) is -0.215. The van der Waals surface area contributed by atoms with Crippen molar-refractivity contribution in [3.63, 3.8) is 0 Å². The van der Waals surface area contributed by atoms with E-state index >= 15 is 0 Å². The number of ether oxygens (including phenoxy) is 1. The molecule has 0 unspecified atom stereocenters. The standard InChI is InChI=1S/C14H21N3O4S/c1-11(10-17-6-8-21-9-7-17)16-22(19,20)13-4-2-12(3-5-13)14(15)18/h2-5,11,16H,6-10H2,1H3,(H2,15,18)/t11-/m1/s1. The van der Waals surface area contributed by atoms with Crippen LogP contribution in [0, 0.1) is 0 Å². The third-order valence-electron chi connectivity index (χ3n) is 3.44. The summed E-state index contributed by atoms with van der Waals surface area (Å²) in [6.07, 6.45) is 0. The number of hydrogen-bond donors (Lipinski definition) is 2. The van der Waals surface area contributed by atoms with E-state index in [0.29, 0.717) is 19.8 Å². The first kappa shape index (κ1) is 16.9. The van der Waals surface area contributed by atoms with Crippen LogP contribution in [0.4, 0.5) is 0 Å². The van der Waals surface area contributed by atoms with Crippen LogP contribution < -0.4 is 10.5 Å². The van der Waals surface area contributed by atoms with Crippen molar-refractivity contribution in [3.05, 3.63) is 29.8 Å². The van der Waals surface area contributed by atoms with Crippen LogP contribution >= 0.6 is 0 Å². The number of nitrogens with one attached hydrogen (secondary N) is 1. The van der Waals surface area contributed by atoms with Crippen LogP contribution in [-0.4, -0.2) is 58.1 Å². The van der Waals surface area contributed by atoms with Crippen LogP contribution in [0.15, 0.2) is 29.2 Å². The highest BCUT2D eigenvalue weighted by atomic mass is 32.2. The highest BCUT2D eigenvalue weighted by molar-refractivity contribution is 7.89. The summed E-state index contributed by atoms with van der Waals surface area (Å²) >= 11 is 0. The molecule has 7 nitrogen and oxygen atoms in total. The van der Waals surface area contributed by atoms with Gasteiger partial charge in [0.2, 0.25) is 15.9 Å². The van der Waals surface area contributed by atoms with Gasteiger partial charge in [0.05, 0.1) is 18.1 Å². The van der Waals surface area contributed by atoms with E-state index in [0.717, 1.165) is 13.1 Å². The van der Waals surface area contributed by atoms with Crippen LogP contribution in [0.3, 0.4) is 0 Å². The first-order chi connectivity index (χ1) is 10.4. The van der Waals surface area contributed by atoms with Gasteiger partial charge in [0, 0.05) is 31.2 Å². The Labute approximate surface area is 130 Å². The van der Waals surface area contributed by atoms with Crippen molar-refractivity contribution >= 4 is 15.9 Å². The Morgan fingerprint density at radius 1 is 1.32 bits per heavy atom. The van der Waals surface area contributed by atoms with Crippen LogP contribution in [0.1, 0.15) is 17.3 Å². The van der Waals surface area contributed by atoms with Gasteiger partial charge in [-0.1, -0.05) is 0 Å². The van der Waals surface area contributed by atoms with Crippen LogP contribution in [0.25, 0.3) is 0 Å². The number of morpholine rings is 1. The van der Waals surface area contributed by atoms with Gasteiger partial charge in [0.1, 0.15) is 0 Å². The Hall–Kier alpha value is -1.48. The molecular weight excluding hydrogens is 306 g/mol. The van der Waals surface area contributed by atoms with Crippen molar-refractivity contribution in [2.75, 3.05) is 32.8 Å². The number of carbonyl (C=O) groups is 1. The minimum atomic E-state index is -3.61. The lowest BCUT2D eigenvalue weighted by atomic mass is 10.2. The minimum Gasteiger partial charge on any atom is -0.379 e. The fraction of sp³-hybridized carbons (Fsp3) is 0.500. The largest absolute Gasteiger partial charge is 0.379 e. The molecule has 1 aromatic rings. The van der Waals surface area contributed by atoms with Crippen LogP contribution in [-0.2, 0) is 14.8 Å². The van der Waals surface area contributed by atoms with Gasteiger partial charge in [-0.15, -0.1) is 0 Å². The smallest absolute Gasteiger partial charge is 0.248 e. The normalized spacial score (nSPS) is 18.0. The zero-order valence-corrected chi connectivity index (χ0v) is 13.3. The summed E-state index contributed by atoms with van der Waals surface area (Å²) in [6.45, 7) is 5.41. The van der Waals surface area contributed by atoms with E-state index in [4.69, 9.17) is 10.5 Å². The molecule has 22 heavy (non-hydrogen) atoms. The first-order valence-corrected chi connectivity index (χ1v) is 8.59. The second-order valence-corrected chi connectivity index (χ2v) is 7.04. The maximum atomic E-state index is 12.3. The van der Waals surface area contributed by atoms with Gasteiger partial charge < -0.3 is 10.5 Å². The number of primary amides is 1. The molecule has 1 saturated heterocycles. The lowest BCUT2D eigenvalue weighted by molar-refractivity contribution is 0.0354. The average Bonchev–Trinajstić information content (AvgIpc) is 2.47. The molecule has 8 heteroatoms. The summed E-state index contributed by atoms with van der Waals surface area (Å²) in [7, 11) is -3.61. The Bertz CT molecular complexity index is 609. The summed E-state index contributed by atoms with van der Waals surface area (Å²) < 4.78 is 32.5. The molecule has 0 radical (unpaired) electrons. The van der Waals surface area contributed by atoms with E-state index in [1.165, 1.54) is 24.3 Å². The molecule has 1 atom stereocenters. The monoisotopic (exact) mass is 327 g/mol. The number of amides is 1. The van der Waals surface area contributed by atoms with Crippen molar-refractivity contribution in [2.24, 2.45) is 5.73 Å². The quantitative estimate of drug-likeness (QED) is 0.752. The number of nitrogens with two attached hydrogens (primary N) is 1. The summed E-state index contributed by atoms with van der Waals surface area (Å²) in [5.74, 6) is -0.586. The van der Waals surface area contributed by atoms with Gasteiger partial charge in [-0.05, 0) is 31.2 Å². The lowest BCUT2D eigenvalue weighted by Crippen LogP contribution is -2.45. The molecule has 1 aliphatic rings. The maximum Gasteiger partial charge on any atom is 0.248 e. The average molecular weight is 327 g/mol. The third-order valence-corrected chi connectivity index (χ3v) is 5.05. The summed E-state index contributed by atoms with van der Waals surface area (Å²) in [4.78, 5) is 13.3. The zero-order chi connectivity index (χ0) is 16.2. The van der Waals surface area contributed by atoms with Crippen molar-refractivity contribution < 1.29 is 17.9 Å². The van der Waals surface area contributed by atoms with Crippen molar-refractivity contribution in [1.82, 2.24) is 9.62 Å². The molecule has 1 aromatic carbocycles. The van der Waals surface area contributed by atoms with E-state index in [1.807, 2.05) is 6.92 Å². The van der Waals surface area contributed by atoms with E-state index in [2.05, 4.69) is 9.62 Å². The van der Waals surface area contributed by atoms with Crippen molar-refractivity contribution in [3.8, 4) is 0 Å². The SMILES string of the molecule is C[C@H](CN1CCOCC1)NS(=O)(=O)c1ccc(C(N)=O)cc1. The van der Waals surface area contributed by atoms with E-state index < -0.39 is 15.9 Å². The number of hydrogen-bond acceptors (Lipinski definition) is 5. The second kappa shape index (κ2) is 7.19. The molecule has 122 valence electrons. The Morgan fingerprint density at radius 3 is 2.45 bits per heavy atom. The number of benzene rings is 1. The van der Waals surface area contributed by atoms with Gasteiger partial charge in [0.25, 0.3) is 0 Å². The number of carbonyl (C=O) groups excluding carboxylic acids is 1. The molecule has 0 aromatic heterocycles. The molecule has 0 bridgehead atoms. The molecule has 3 N–H and O–H groups in total. The zero-order valence-electron chi connectivity index (χ0n) is 12.5. The summed E-state index contributed by atoms with van der Waals surface area (Å²) in [5.41, 5.74) is 5.42. The van der Waals surface area contributed by atoms with E-state index in [9.17, 15) is 13.2 Å². The van der Waals surface area contributed by atoms with Gasteiger partial charge >= 0.3 is 0 Å². The van der Waals surface area contributed by atoms with Crippen molar-refractivity contribution in [2.45, 2.75) is 17.9 Å². The lowest BCUT2D eigenvalue weighted by Gasteiger charge is -2.29. The minimum absolute atomic E-state index is 0.117. The number of nitrogens with zero attached hydrogens (tertiary/aromatic N) is 1. The number of sulfonamides is 1. The Morgan fingerprint density at radius 2 is 1.91 bits per heavy atom. The molecular formula is C14H21N3O4S. The fourth-order valence-corrected chi connectivity index (χ4v) is 3.57. The van der Waals surface area contributed by atoms with Crippen LogP contribution in [0.2, 0.25) is 0 Å². The van der Waals surface area contributed by atoms with Gasteiger partial charge in [-0.2, -0.15) is 0 Å². The fourth-order valence-electron chi connectivity index (χ4n) is 2.34. The molecule has 1 heterocycles. The molecule has 0 saturated carbocycles. The molecule has 0 aliphatic carbocycles. The molecule has 0 spiro atoms. The molecule has 1 fully saturated rings. The molecule has 1 amide bonds. The summed E-state index contributed by atoms with van der Waals surface area (Å²) in [6, 6.07) is 5.35. The third kappa shape index (κ3) is 4.51. The topological polar surface area (TPSA) is 102 Å². The number of rotatable bonds is 6.